The Labute approximate surface area is 160 Å². The second kappa shape index (κ2) is 8.09. The van der Waals surface area contributed by atoms with E-state index in [1.165, 1.54) is 24.5 Å². The Bertz CT molecular complexity index is 922. The monoisotopic (exact) mass is 421 g/mol. The van der Waals surface area contributed by atoms with Gasteiger partial charge in [-0.2, -0.15) is 9.49 Å². The molecule has 1 aliphatic rings. The number of halogens is 3. The van der Waals surface area contributed by atoms with Crippen LogP contribution < -0.4 is 9.46 Å². The number of aromatic nitrogens is 2. The summed E-state index contributed by atoms with van der Waals surface area (Å²) in [5.41, 5.74) is -0.107. The van der Waals surface area contributed by atoms with Crippen LogP contribution >= 0.6 is 11.6 Å². The third-order valence-corrected chi connectivity index (χ3v) is 5.04. The number of ether oxygens (including phenoxy) is 2. The molecule has 0 radical (unpaired) electrons. The molecule has 3 rings (SSSR count). The summed E-state index contributed by atoms with van der Waals surface area (Å²) in [4.78, 5) is 0. The summed E-state index contributed by atoms with van der Waals surface area (Å²) in [6, 6.07) is 2.21. The molecule has 7 nitrogen and oxygen atoms in total. The molecule has 0 aliphatic carbocycles. The summed E-state index contributed by atoms with van der Waals surface area (Å²) in [5, 5.41) is 4.13. The van der Waals surface area contributed by atoms with Gasteiger partial charge in [0.15, 0.2) is 11.6 Å². The molecule has 148 valence electrons. The van der Waals surface area contributed by atoms with Crippen molar-refractivity contribution in [1.29, 1.82) is 0 Å². The van der Waals surface area contributed by atoms with Gasteiger partial charge in [-0.1, -0.05) is 11.6 Å². The summed E-state index contributed by atoms with van der Waals surface area (Å²) in [7, 11) is -3.40. The standard InChI is InChI=1S/C16H18ClF2N3O4S/c1-27(23,24)21-12-4-5-25-8-10(12)9-26-14-3-2-13(15(18)16(14)19)22-7-11(17)6-20-22/h2-3,6-7,10,12,21H,4-5,8-9H2,1H3/t10-,12+/m1/s1. The lowest BCUT2D eigenvalue weighted by atomic mass is 9.98. The van der Waals surface area contributed by atoms with E-state index in [0.717, 1.165) is 10.9 Å². The molecular weight excluding hydrogens is 404 g/mol. The van der Waals surface area contributed by atoms with E-state index in [1.807, 2.05) is 0 Å². The van der Waals surface area contributed by atoms with Crippen molar-refractivity contribution in [3.05, 3.63) is 41.2 Å². The molecule has 2 heterocycles. The van der Waals surface area contributed by atoms with Gasteiger partial charge in [-0.3, -0.25) is 0 Å². The van der Waals surface area contributed by atoms with Crippen molar-refractivity contribution in [2.45, 2.75) is 12.5 Å². The van der Waals surface area contributed by atoms with E-state index in [-0.39, 0.29) is 35.6 Å². The second-order valence-electron chi connectivity index (χ2n) is 6.25. The number of benzene rings is 1. The first-order valence-corrected chi connectivity index (χ1v) is 10.4. The van der Waals surface area contributed by atoms with E-state index < -0.39 is 27.7 Å². The third-order valence-electron chi connectivity index (χ3n) is 4.12. The van der Waals surface area contributed by atoms with Gasteiger partial charge in [0.1, 0.15) is 5.69 Å². The summed E-state index contributed by atoms with van der Waals surface area (Å²) in [6.45, 7) is 0.630. The summed E-state index contributed by atoms with van der Waals surface area (Å²) >= 11 is 5.74. The van der Waals surface area contributed by atoms with E-state index in [4.69, 9.17) is 21.1 Å². The van der Waals surface area contributed by atoms with E-state index in [2.05, 4.69) is 9.82 Å². The fraction of sp³-hybridized carbons (Fsp3) is 0.438. The van der Waals surface area contributed by atoms with Crippen LogP contribution in [0.5, 0.6) is 5.75 Å². The predicted octanol–water partition coefficient (Wildman–Crippen LogP) is 2.14. The molecule has 1 saturated heterocycles. The fourth-order valence-electron chi connectivity index (χ4n) is 2.83. The lowest BCUT2D eigenvalue weighted by molar-refractivity contribution is 0.0180. The molecule has 1 fully saturated rings. The Morgan fingerprint density at radius 3 is 2.85 bits per heavy atom. The lowest BCUT2D eigenvalue weighted by Gasteiger charge is -2.31. The van der Waals surface area contributed by atoms with Crippen molar-refractivity contribution in [2.24, 2.45) is 5.92 Å². The molecule has 1 N–H and O–H groups in total. The quantitative estimate of drug-likeness (QED) is 0.772. The van der Waals surface area contributed by atoms with Gasteiger partial charge in [0, 0.05) is 24.8 Å². The molecule has 1 aliphatic heterocycles. The smallest absolute Gasteiger partial charge is 0.208 e. The third kappa shape index (κ3) is 4.95. The number of sulfonamides is 1. The predicted molar refractivity (Wildman–Crippen MR) is 94.7 cm³/mol. The Morgan fingerprint density at radius 2 is 2.19 bits per heavy atom. The van der Waals surface area contributed by atoms with Crippen LogP contribution in [-0.4, -0.2) is 50.3 Å². The normalized spacial score (nSPS) is 20.6. The fourth-order valence-corrected chi connectivity index (χ4v) is 3.83. The van der Waals surface area contributed by atoms with Crippen molar-refractivity contribution in [3.8, 4) is 11.4 Å². The van der Waals surface area contributed by atoms with Crippen LogP contribution in [0.4, 0.5) is 8.78 Å². The van der Waals surface area contributed by atoms with Gasteiger partial charge >= 0.3 is 0 Å². The Hall–Kier alpha value is -1.75. The van der Waals surface area contributed by atoms with Crippen LogP contribution in [0.15, 0.2) is 24.5 Å². The lowest BCUT2D eigenvalue weighted by Crippen LogP contribution is -2.47. The van der Waals surface area contributed by atoms with Crippen LogP contribution in [0.2, 0.25) is 5.02 Å². The van der Waals surface area contributed by atoms with Gasteiger partial charge in [0.25, 0.3) is 0 Å². The van der Waals surface area contributed by atoms with Gasteiger partial charge in [0.05, 0.1) is 30.7 Å². The Morgan fingerprint density at radius 1 is 1.41 bits per heavy atom. The highest BCUT2D eigenvalue weighted by molar-refractivity contribution is 7.88. The van der Waals surface area contributed by atoms with Crippen molar-refractivity contribution < 1.29 is 26.7 Å². The van der Waals surface area contributed by atoms with Crippen LogP contribution in [0, 0.1) is 17.6 Å². The maximum absolute atomic E-state index is 14.4. The van der Waals surface area contributed by atoms with Crippen LogP contribution in [0.1, 0.15) is 6.42 Å². The molecule has 0 saturated carbocycles. The minimum Gasteiger partial charge on any atom is -0.490 e. The molecule has 1 aromatic heterocycles. The van der Waals surface area contributed by atoms with Gasteiger partial charge in [-0.05, 0) is 18.6 Å². The molecular formula is C16H18ClF2N3O4S. The first kappa shape index (κ1) is 20.0. The molecule has 0 spiro atoms. The highest BCUT2D eigenvalue weighted by atomic mass is 35.5. The molecule has 1 aromatic carbocycles. The number of hydrogen-bond donors (Lipinski definition) is 1. The van der Waals surface area contributed by atoms with Gasteiger partial charge in [-0.15, -0.1) is 0 Å². The topological polar surface area (TPSA) is 82.5 Å². The van der Waals surface area contributed by atoms with Crippen molar-refractivity contribution in [3.63, 3.8) is 0 Å². The Kier molecular flexibility index (Phi) is 5.99. The zero-order valence-corrected chi connectivity index (χ0v) is 15.9. The molecule has 11 heteroatoms. The highest BCUT2D eigenvalue weighted by Crippen LogP contribution is 2.27. The number of hydrogen-bond acceptors (Lipinski definition) is 5. The van der Waals surface area contributed by atoms with E-state index in [0.29, 0.717) is 13.0 Å². The minimum atomic E-state index is -3.40. The Balaban J connectivity index is 1.73. The van der Waals surface area contributed by atoms with Crippen molar-refractivity contribution in [1.82, 2.24) is 14.5 Å². The van der Waals surface area contributed by atoms with E-state index in [1.54, 1.807) is 0 Å². The maximum Gasteiger partial charge on any atom is 0.208 e. The van der Waals surface area contributed by atoms with E-state index in [9.17, 15) is 17.2 Å². The van der Waals surface area contributed by atoms with Gasteiger partial charge in [-0.25, -0.2) is 22.2 Å². The van der Waals surface area contributed by atoms with Crippen LogP contribution in [0.25, 0.3) is 5.69 Å². The number of nitrogens with one attached hydrogen (secondary N) is 1. The molecule has 0 unspecified atom stereocenters. The van der Waals surface area contributed by atoms with Gasteiger partial charge < -0.3 is 9.47 Å². The van der Waals surface area contributed by atoms with Gasteiger partial charge in [0.2, 0.25) is 15.8 Å². The number of nitrogens with zero attached hydrogens (tertiary/aromatic N) is 2. The minimum absolute atomic E-state index is 0.0313. The second-order valence-corrected chi connectivity index (χ2v) is 8.46. The first-order chi connectivity index (χ1) is 12.7. The molecule has 0 amide bonds. The molecule has 2 atom stereocenters. The SMILES string of the molecule is CS(=O)(=O)N[C@H]1CCOC[C@@H]1COc1ccc(-n2cc(Cl)cn2)c(F)c1F. The maximum atomic E-state index is 14.4. The average Bonchev–Trinajstić information content (AvgIpc) is 3.02. The van der Waals surface area contributed by atoms with Crippen LogP contribution in [0.3, 0.4) is 0 Å². The van der Waals surface area contributed by atoms with E-state index >= 15 is 0 Å². The summed E-state index contributed by atoms with van der Waals surface area (Å²) < 4.78 is 66.0. The first-order valence-electron chi connectivity index (χ1n) is 8.11. The zero-order chi connectivity index (χ0) is 19.6. The molecule has 2 aromatic rings. The zero-order valence-electron chi connectivity index (χ0n) is 14.4. The van der Waals surface area contributed by atoms with Crippen LogP contribution in [-0.2, 0) is 14.8 Å². The summed E-state index contributed by atoms with van der Waals surface area (Å²) in [6.07, 6.45) is 4.19. The highest BCUT2D eigenvalue weighted by Gasteiger charge is 2.29. The van der Waals surface area contributed by atoms with Crippen molar-refractivity contribution >= 4 is 21.6 Å². The molecule has 0 bridgehead atoms. The molecule has 27 heavy (non-hydrogen) atoms. The number of rotatable bonds is 6. The largest absolute Gasteiger partial charge is 0.490 e. The average molecular weight is 422 g/mol. The summed E-state index contributed by atoms with van der Waals surface area (Å²) in [5.74, 6) is -2.90. The van der Waals surface area contributed by atoms with Crippen molar-refractivity contribution in [2.75, 3.05) is 26.1 Å².